The van der Waals surface area contributed by atoms with E-state index in [-0.39, 0.29) is 5.41 Å². The van der Waals surface area contributed by atoms with Gasteiger partial charge in [0, 0.05) is 32.1 Å². The first-order valence-electron chi connectivity index (χ1n) is 7.08. The van der Waals surface area contributed by atoms with Crippen molar-refractivity contribution in [2.45, 2.75) is 46.0 Å². The predicted octanol–water partition coefficient (Wildman–Crippen LogP) is 2.02. The van der Waals surface area contributed by atoms with Gasteiger partial charge in [-0.05, 0) is 18.3 Å². The van der Waals surface area contributed by atoms with Crippen LogP contribution in [0, 0.1) is 11.3 Å². The quantitative estimate of drug-likeness (QED) is 0.758. The normalized spacial score (nSPS) is 26.6. The second kappa shape index (κ2) is 5.38. The minimum Gasteiger partial charge on any atom is -0.341 e. The molecule has 1 amide bonds. The first-order chi connectivity index (χ1) is 8.08. The van der Waals surface area contributed by atoms with Gasteiger partial charge in [0.2, 0.25) is 5.91 Å². The van der Waals surface area contributed by atoms with Crippen LogP contribution in [0.1, 0.15) is 46.0 Å². The Morgan fingerprint density at radius 3 is 2.65 bits per heavy atom. The first-order valence-corrected chi connectivity index (χ1v) is 7.08. The summed E-state index contributed by atoms with van der Waals surface area (Å²) in [6.45, 7) is 8.25. The molecule has 1 aliphatic heterocycles. The fraction of sp³-hybridized carbons (Fsp3) is 0.929. The summed E-state index contributed by atoms with van der Waals surface area (Å²) in [5.41, 5.74) is 0.209. The zero-order valence-corrected chi connectivity index (χ0v) is 11.3. The standard InChI is InChI=1S/C14H26N2O/c1-14(2)10-15-8-9-16(11-14)13(17)12-6-4-3-5-7-12/h12,15H,3-11H2,1-2H3. The summed E-state index contributed by atoms with van der Waals surface area (Å²) < 4.78 is 0. The van der Waals surface area contributed by atoms with Crippen LogP contribution in [0.4, 0.5) is 0 Å². The third kappa shape index (κ3) is 3.44. The molecule has 0 aromatic heterocycles. The maximum absolute atomic E-state index is 12.5. The Bertz CT molecular complexity index is 269. The lowest BCUT2D eigenvalue weighted by molar-refractivity contribution is -0.137. The van der Waals surface area contributed by atoms with Crippen LogP contribution < -0.4 is 5.32 Å². The summed E-state index contributed by atoms with van der Waals surface area (Å²) in [6.07, 6.45) is 6.03. The van der Waals surface area contributed by atoms with Gasteiger partial charge in [-0.15, -0.1) is 0 Å². The SMILES string of the molecule is CC1(C)CNCCN(C(=O)C2CCCCC2)C1. The van der Waals surface area contributed by atoms with E-state index in [1.807, 2.05) is 0 Å². The van der Waals surface area contributed by atoms with Crippen molar-refractivity contribution in [3.63, 3.8) is 0 Å². The molecule has 0 bridgehead atoms. The average Bonchev–Trinajstić information content (AvgIpc) is 2.50. The van der Waals surface area contributed by atoms with Crippen LogP contribution in [-0.2, 0) is 4.79 Å². The number of carbonyl (C=O) groups is 1. The van der Waals surface area contributed by atoms with E-state index < -0.39 is 0 Å². The topological polar surface area (TPSA) is 32.3 Å². The van der Waals surface area contributed by atoms with Crippen LogP contribution in [0.5, 0.6) is 0 Å². The van der Waals surface area contributed by atoms with E-state index in [9.17, 15) is 4.79 Å². The van der Waals surface area contributed by atoms with Crippen molar-refractivity contribution >= 4 is 5.91 Å². The summed E-state index contributed by atoms with van der Waals surface area (Å²) in [6, 6.07) is 0. The summed E-state index contributed by atoms with van der Waals surface area (Å²) in [4.78, 5) is 14.6. The van der Waals surface area contributed by atoms with Gasteiger partial charge in [-0.1, -0.05) is 33.1 Å². The molecule has 0 aromatic rings. The number of nitrogens with one attached hydrogen (secondary N) is 1. The van der Waals surface area contributed by atoms with Crippen molar-refractivity contribution in [3.8, 4) is 0 Å². The van der Waals surface area contributed by atoms with Gasteiger partial charge in [-0.3, -0.25) is 4.79 Å². The molecular weight excluding hydrogens is 212 g/mol. The molecule has 17 heavy (non-hydrogen) atoms. The molecule has 0 spiro atoms. The third-order valence-corrected chi connectivity index (χ3v) is 4.05. The van der Waals surface area contributed by atoms with E-state index in [4.69, 9.17) is 0 Å². The number of hydrogen-bond acceptors (Lipinski definition) is 2. The van der Waals surface area contributed by atoms with E-state index >= 15 is 0 Å². The second-order valence-corrected chi connectivity index (χ2v) is 6.44. The monoisotopic (exact) mass is 238 g/mol. The molecule has 0 atom stereocenters. The van der Waals surface area contributed by atoms with Gasteiger partial charge in [0.1, 0.15) is 0 Å². The van der Waals surface area contributed by atoms with E-state index in [0.717, 1.165) is 39.0 Å². The van der Waals surface area contributed by atoms with Crippen LogP contribution in [0.3, 0.4) is 0 Å². The van der Waals surface area contributed by atoms with E-state index in [1.165, 1.54) is 19.3 Å². The highest BCUT2D eigenvalue weighted by Crippen LogP contribution is 2.27. The molecule has 0 radical (unpaired) electrons. The highest BCUT2D eigenvalue weighted by atomic mass is 16.2. The molecular formula is C14H26N2O. The van der Waals surface area contributed by atoms with Crippen molar-refractivity contribution in [2.24, 2.45) is 11.3 Å². The molecule has 1 saturated carbocycles. The maximum atomic E-state index is 12.5. The van der Waals surface area contributed by atoms with Gasteiger partial charge < -0.3 is 10.2 Å². The number of amides is 1. The maximum Gasteiger partial charge on any atom is 0.225 e. The third-order valence-electron chi connectivity index (χ3n) is 4.05. The fourth-order valence-corrected chi connectivity index (χ4v) is 3.09. The second-order valence-electron chi connectivity index (χ2n) is 6.44. The lowest BCUT2D eigenvalue weighted by atomic mass is 9.87. The molecule has 1 saturated heterocycles. The number of nitrogens with zero attached hydrogens (tertiary/aromatic N) is 1. The van der Waals surface area contributed by atoms with Crippen molar-refractivity contribution < 1.29 is 4.79 Å². The molecule has 1 aliphatic carbocycles. The van der Waals surface area contributed by atoms with Crippen molar-refractivity contribution in [3.05, 3.63) is 0 Å². The van der Waals surface area contributed by atoms with Gasteiger partial charge in [0.05, 0.1) is 0 Å². The Morgan fingerprint density at radius 2 is 1.94 bits per heavy atom. The zero-order valence-electron chi connectivity index (χ0n) is 11.3. The van der Waals surface area contributed by atoms with Crippen molar-refractivity contribution in [1.29, 1.82) is 0 Å². The summed E-state index contributed by atoms with van der Waals surface area (Å²) in [5.74, 6) is 0.735. The van der Waals surface area contributed by atoms with Crippen LogP contribution >= 0.6 is 0 Å². The Balaban J connectivity index is 1.97. The van der Waals surface area contributed by atoms with Gasteiger partial charge in [-0.25, -0.2) is 0 Å². The van der Waals surface area contributed by atoms with Crippen molar-refractivity contribution in [2.75, 3.05) is 26.2 Å². The summed E-state index contributed by atoms with van der Waals surface area (Å²) in [5, 5.41) is 3.43. The van der Waals surface area contributed by atoms with Crippen LogP contribution in [-0.4, -0.2) is 37.0 Å². The number of hydrogen-bond donors (Lipinski definition) is 1. The van der Waals surface area contributed by atoms with Gasteiger partial charge >= 0.3 is 0 Å². The minimum absolute atomic E-state index is 0.209. The molecule has 2 aliphatic rings. The van der Waals surface area contributed by atoms with Crippen LogP contribution in [0.15, 0.2) is 0 Å². The molecule has 3 nitrogen and oxygen atoms in total. The minimum atomic E-state index is 0.209. The average molecular weight is 238 g/mol. The van der Waals surface area contributed by atoms with E-state index in [1.54, 1.807) is 0 Å². The number of rotatable bonds is 1. The molecule has 0 unspecified atom stereocenters. The fourth-order valence-electron chi connectivity index (χ4n) is 3.09. The molecule has 1 N–H and O–H groups in total. The Labute approximate surface area is 105 Å². The van der Waals surface area contributed by atoms with E-state index in [2.05, 4.69) is 24.1 Å². The molecule has 3 heteroatoms. The van der Waals surface area contributed by atoms with Crippen molar-refractivity contribution in [1.82, 2.24) is 10.2 Å². The Hall–Kier alpha value is -0.570. The zero-order chi connectivity index (χ0) is 12.3. The number of carbonyl (C=O) groups excluding carboxylic acids is 1. The molecule has 98 valence electrons. The van der Waals surface area contributed by atoms with E-state index in [0.29, 0.717) is 11.8 Å². The van der Waals surface area contributed by atoms with Crippen LogP contribution in [0.25, 0.3) is 0 Å². The summed E-state index contributed by atoms with van der Waals surface area (Å²) in [7, 11) is 0. The van der Waals surface area contributed by atoms with Gasteiger partial charge in [0.25, 0.3) is 0 Å². The van der Waals surface area contributed by atoms with Crippen LogP contribution in [0.2, 0.25) is 0 Å². The molecule has 0 aromatic carbocycles. The summed E-state index contributed by atoms with van der Waals surface area (Å²) >= 11 is 0. The lowest BCUT2D eigenvalue weighted by Crippen LogP contribution is -2.42. The van der Waals surface area contributed by atoms with Gasteiger partial charge in [0.15, 0.2) is 0 Å². The highest BCUT2D eigenvalue weighted by molar-refractivity contribution is 5.79. The predicted molar refractivity (Wildman–Crippen MR) is 69.8 cm³/mol. The molecule has 2 rings (SSSR count). The Kier molecular flexibility index (Phi) is 4.08. The Morgan fingerprint density at radius 1 is 1.24 bits per heavy atom. The molecule has 2 fully saturated rings. The molecule has 1 heterocycles. The first kappa shape index (κ1) is 12.9. The lowest BCUT2D eigenvalue weighted by Gasteiger charge is -2.32. The highest BCUT2D eigenvalue weighted by Gasteiger charge is 2.31. The largest absolute Gasteiger partial charge is 0.341 e. The van der Waals surface area contributed by atoms with Gasteiger partial charge in [-0.2, -0.15) is 0 Å². The smallest absolute Gasteiger partial charge is 0.225 e.